The lowest BCUT2D eigenvalue weighted by atomic mass is 9.49. The Bertz CT molecular complexity index is 729. The SMILES string of the molecule is CC(C)(C)OC(=O)N[C@@H](Cc1cnc(C23CC4CC(CC(C4)C2)C3)[nH]1)C(=O)O. The Labute approximate surface area is 165 Å². The van der Waals surface area contributed by atoms with E-state index in [-0.39, 0.29) is 11.8 Å². The van der Waals surface area contributed by atoms with Gasteiger partial charge in [-0.1, -0.05) is 0 Å². The number of aromatic nitrogens is 2. The van der Waals surface area contributed by atoms with Crippen LogP contribution in [0.2, 0.25) is 0 Å². The van der Waals surface area contributed by atoms with Crippen molar-refractivity contribution < 1.29 is 19.4 Å². The molecular weight excluding hydrogens is 358 g/mol. The number of carboxylic acids is 1. The zero-order valence-corrected chi connectivity index (χ0v) is 17.0. The molecule has 0 aliphatic heterocycles. The Morgan fingerprint density at radius 3 is 2.32 bits per heavy atom. The van der Waals surface area contributed by atoms with E-state index in [1.165, 1.54) is 38.5 Å². The van der Waals surface area contributed by atoms with Crippen molar-refractivity contribution in [1.82, 2.24) is 15.3 Å². The summed E-state index contributed by atoms with van der Waals surface area (Å²) in [6.45, 7) is 5.24. The number of H-pyrrole nitrogens is 1. The van der Waals surface area contributed by atoms with Crippen LogP contribution in [0.1, 0.15) is 70.8 Å². The number of aromatic amines is 1. The number of rotatable bonds is 5. The first-order chi connectivity index (χ1) is 13.1. The first-order valence-corrected chi connectivity index (χ1v) is 10.4. The number of ether oxygens (including phenoxy) is 1. The van der Waals surface area contributed by atoms with Gasteiger partial charge >= 0.3 is 12.1 Å². The summed E-state index contributed by atoms with van der Waals surface area (Å²) in [5.41, 5.74) is 0.214. The lowest BCUT2D eigenvalue weighted by Crippen LogP contribution is -2.49. The predicted octanol–water partition coefficient (Wildman–Crippen LogP) is 3.40. The maximum absolute atomic E-state index is 12.0. The van der Waals surface area contributed by atoms with Crippen LogP contribution < -0.4 is 5.32 Å². The molecule has 7 nitrogen and oxygen atoms in total. The van der Waals surface area contributed by atoms with Gasteiger partial charge < -0.3 is 20.1 Å². The minimum Gasteiger partial charge on any atom is -0.480 e. The van der Waals surface area contributed by atoms with E-state index >= 15 is 0 Å². The third-order valence-electron chi connectivity index (χ3n) is 6.58. The Morgan fingerprint density at radius 2 is 1.82 bits per heavy atom. The summed E-state index contributed by atoms with van der Waals surface area (Å²) in [5.74, 6) is 2.39. The quantitative estimate of drug-likeness (QED) is 0.716. The second-order valence-electron chi connectivity index (χ2n) is 10.2. The molecule has 154 valence electrons. The van der Waals surface area contributed by atoms with Gasteiger partial charge in [0.25, 0.3) is 0 Å². The first kappa shape index (κ1) is 19.3. The number of imidazole rings is 1. The molecule has 0 radical (unpaired) electrons. The maximum atomic E-state index is 12.0. The average molecular weight is 389 g/mol. The number of hydrogen-bond acceptors (Lipinski definition) is 4. The second kappa shape index (κ2) is 6.78. The monoisotopic (exact) mass is 389 g/mol. The highest BCUT2D eigenvalue weighted by Gasteiger charge is 2.53. The molecule has 7 heteroatoms. The summed E-state index contributed by atoms with van der Waals surface area (Å²) in [6.07, 6.45) is 8.88. The van der Waals surface area contributed by atoms with Crippen molar-refractivity contribution in [1.29, 1.82) is 0 Å². The van der Waals surface area contributed by atoms with Crippen LogP contribution >= 0.6 is 0 Å². The van der Waals surface area contributed by atoms with Crippen LogP contribution in [-0.4, -0.2) is 38.8 Å². The van der Waals surface area contributed by atoms with Crippen LogP contribution in [0.25, 0.3) is 0 Å². The number of alkyl carbamates (subject to hydrolysis) is 1. The van der Waals surface area contributed by atoms with E-state index in [1.54, 1.807) is 27.0 Å². The number of nitrogens with zero attached hydrogens (tertiary/aromatic N) is 1. The van der Waals surface area contributed by atoms with E-state index in [1.807, 2.05) is 0 Å². The molecule has 1 heterocycles. The topological polar surface area (TPSA) is 104 Å². The molecule has 4 fully saturated rings. The standard InChI is InChI=1S/C21H31N3O4/c1-20(2,3)28-19(27)24-16(17(25)26)7-15-11-22-18(23-15)21-8-12-4-13(9-21)6-14(5-12)10-21/h11-14,16H,4-10H2,1-3H3,(H,22,23)(H,24,27)(H,25,26)/t12?,13?,14?,16-,21?/m0/s1. The van der Waals surface area contributed by atoms with Gasteiger partial charge in [-0.2, -0.15) is 0 Å². The summed E-state index contributed by atoms with van der Waals surface area (Å²) in [6, 6.07) is -1.06. The Kier molecular flexibility index (Phi) is 4.67. The molecule has 4 saturated carbocycles. The number of carboxylic acid groups (broad SMARTS) is 1. The van der Waals surface area contributed by atoms with Crippen LogP contribution in [0.4, 0.5) is 4.79 Å². The van der Waals surface area contributed by atoms with Crippen LogP contribution in [0.15, 0.2) is 6.20 Å². The van der Waals surface area contributed by atoms with E-state index in [2.05, 4.69) is 15.3 Å². The van der Waals surface area contributed by atoms with Crippen LogP contribution in [-0.2, 0) is 21.4 Å². The van der Waals surface area contributed by atoms with Crippen LogP contribution in [0, 0.1) is 17.8 Å². The van der Waals surface area contributed by atoms with Crippen molar-refractivity contribution in [2.75, 3.05) is 0 Å². The minimum atomic E-state index is -1.09. The number of hydrogen-bond donors (Lipinski definition) is 3. The van der Waals surface area contributed by atoms with Gasteiger partial charge in [0.15, 0.2) is 0 Å². The molecule has 1 amide bonds. The molecule has 0 spiro atoms. The van der Waals surface area contributed by atoms with Gasteiger partial charge in [-0.05, 0) is 77.0 Å². The lowest BCUT2D eigenvalue weighted by Gasteiger charge is -2.56. The number of aliphatic carboxylic acids is 1. The maximum Gasteiger partial charge on any atom is 0.408 e. The van der Waals surface area contributed by atoms with Gasteiger partial charge in [-0.25, -0.2) is 14.6 Å². The molecular formula is C21H31N3O4. The van der Waals surface area contributed by atoms with Crippen molar-refractivity contribution in [3.05, 3.63) is 17.7 Å². The van der Waals surface area contributed by atoms with Gasteiger partial charge in [0.1, 0.15) is 17.5 Å². The van der Waals surface area contributed by atoms with E-state index in [0.29, 0.717) is 0 Å². The van der Waals surface area contributed by atoms with E-state index < -0.39 is 23.7 Å². The summed E-state index contributed by atoms with van der Waals surface area (Å²) in [5, 5.41) is 12.0. The molecule has 1 atom stereocenters. The third-order valence-corrected chi connectivity index (χ3v) is 6.58. The van der Waals surface area contributed by atoms with Gasteiger partial charge in [0.2, 0.25) is 0 Å². The summed E-state index contributed by atoms with van der Waals surface area (Å²) < 4.78 is 5.19. The van der Waals surface area contributed by atoms with Crippen molar-refractivity contribution >= 4 is 12.1 Å². The molecule has 4 bridgehead atoms. The fraction of sp³-hybridized carbons (Fsp3) is 0.762. The smallest absolute Gasteiger partial charge is 0.408 e. The van der Waals surface area contributed by atoms with Crippen molar-refractivity contribution in [2.45, 2.75) is 82.8 Å². The molecule has 28 heavy (non-hydrogen) atoms. The normalized spacial score (nSPS) is 32.2. The Hall–Kier alpha value is -2.05. The van der Waals surface area contributed by atoms with Crippen molar-refractivity contribution in [3.8, 4) is 0 Å². The predicted molar refractivity (Wildman–Crippen MR) is 103 cm³/mol. The van der Waals surface area contributed by atoms with Crippen molar-refractivity contribution in [3.63, 3.8) is 0 Å². The minimum absolute atomic E-state index is 0.143. The largest absolute Gasteiger partial charge is 0.480 e. The third kappa shape index (κ3) is 3.89. The highest BCUT2D eigenvalue weighted by atomic mass is 16.6. The number of carbonyl (C=O) groups is 2. The molecule has 1 aromatic heterocycles. The fourth-order valence-corrected chi connectivity index (χ4v) is 6.00. The molecule has 4 aliphatic carbocycles. The van der Waals surface area contributed by atoms with E-state index in [9.17, 15) is 14.7 Å². The van der Waals surface area contributed by atoms with E-state index in [0.717, 1.165) is 29.3 Å². The fourth-order valence-electron chi connectivity index (χ4n) is 6.00. The molecule has 0 aromatic carbocycles. The average Bonchev–Trinajstić information content (AvgIpc) is 3.00. The Morgan fingerprint density at radius 1 is 1.25 bits per heavy atom. The van der Waals surface area contributed by atoms with Crippen molar-refractivity contribution in [2.24, 2.45) is 17.8 Å². The Balaban J connectivity index is 1.45. The van der Waals surface area contributed by atoms with Crippen LogP contribution in [0.5, 0.6) is 0 Å². The van der Waals surface area contributed by atoms with Gasteiger partial charge in [0.05, 0.1) is 0 Å². The zero-order valence-electron chi connectivity index (χ0n) is 17.0. The summed E-state index contributed by atoms with van der Waals surface area (Å²) >= 11 is 0. The van der Waals surface area contributed by atoms with E-state index in [4.69, 9.17) is 4.74 Å². The molecule has 4 aliphatic rings. The molecule has 0 saturated heterocycles. The van der Waals surface area contributed by atoms with Gasteiger partial charge in [0, 0.05) is 23.7 Å². The second-order valence-corrected chi connectivity index (χ2v) is 10.2. The summed E-state index contributed by atoms with van der Waals surface area (Å²) in [4.78, 5) is 31.7. The van der Waals surface area contributed by atoms with Crippen LogP contribution in [0.3, 0.4) is 0 Å². The molecule has 5 rings (SSSR count). The zero-order chi connectivity index (χ0) is 20.1. The summed E-state index contributed by atoms with van der Waals surface area (Å²) in [7, 11) is 0. The molecule has 1 aromatic rings. The lowest BCUT2D eigenvalue weighted by molar-refractivity contribution is -0.139. The van der Waals surface area contributed by atoms with Gasteiger partial charge in [-0.15, -0.1) is 0 Å². The molecule has 3 N–H and O–H groups in total. The first-order valence-electron chi connectivity index (χ1n) is 10.4. The number of nitrogens with one attached hydrogen (secondary N) is 2. The molecule has 0 unspecified atom stereocenters. The number of amides is 1. The van der Waals surface area contributed by atoms with Gasteiger partial charge in [-0.3, -0.25) is 0 Å². The number of carbonyl (C=O) groups excluding carboxylic acids is 1. The highest BCUT2D eigenvalue weighted by Crippen LogP contribution is 2.60. The highest BCUT2D eigenvalue weighted by molar-refractivity contribution is 5.80.